The fourth-order valence-corrected chi connectivity index (χ4v) is 3.11. The van der Waals surface area contributed by atoms with Crippen molar-refractivity contribution in [1.29, 1.82) is 0 Å². The summed E-state index contributed by atoms with van der Waals surface area (Å²) in [5.41, 5.74) is -0.462. The van der Waals surface area contributed by atoms with Gasteiger partial charge in [-0.05, 0) is 20.3 Å². The molecule has 1 N–H and O–H groups in total. The maximum absolute atomic E-state index is 9.63. The molecule has 0 unspecified atom stereocenters. The molecule has 1 nitrogen and oxygen atoms in total. The summed E-state index contributed by atoms with van der Waals surface area (Å²) in [7, 11) is 0. The average Bonchev–Trinajstić information content (AvgIpc) is 2.45. The lowest BCUT2D eigenvalue weighted by Gasteiger charge is -2.16. The van der Waals surface area contributed by atoms with Crippen LogP contribution in [0.1, 0.15) is 130 Å². The molecular weight excluding hydrogens is 268 g/mol. The van der Waals surface area contributed by atoms with Crippen LogP contribution in [0.4, 0.5) is 0 Å². The van der Waals surface area contributed by atoms with E-state index in [0.29, 0.717) is 0 Å². The molecule has 0 aromatic rings. The van der Waals surface area contributed by atoms with Crippen molar-refractivity contribution >= 4 is 0 Å². The fourth-order valence-electron chi connectivity index (χ4n) is 3.11. The Morgan fingerprint density at radius 3 is 1.05 bits per heavy atom. The molecule has 0 rings (SSSR count). The molecule has 0 aromatic carbocycles. The van der Waals surface area contributed by atoms with Gasteiger partial charge in [0.1, 0.15) is 0 Å². The maximum Gasteiger partial charge on any atom is 0.0591 e. The Morgan fingerprint density at radius 2 is 0.773 bits per heavy atom. The van der Waals surface area contributed by atoms with Crippen molar-refractivity contribution in [1.82, 2.24) is 0 Å². The molecular formula is C21H44O. The van der Waals surface area contributed by atoms with E-state index in [1.165, 1.54) is 103 Å². The highest BCUT2D eigenvalue weighted by atomic mass is 16.3. The first kappa shape index (κ1) is 22.0. The Balaban J connectivity index is 3.00. The van der Waals surface area contributed by atoms with Gasteiger partial charge in [-0.2, -0.15) is 0 Å². The Morgan fingerprint density at radius 1 is 0.500 bits per heavy atom. The SMILES string of the molecule is CCCCCCCCCCCCCCCCCCC(C)(C)O. The highest BCUT2D eigenvalue weighted by Gasteiger charge is 2.10. The molecule has 1 heteroatoms. The van der Waals surface area contributed by atoms with Crippen molar-refractivity contribution in [2.24, 2.45) is 0 Å². The van der Waals surface area contributed by atoms with Gasteiger partial charge in [0, 0.05) is 0 Å². The van der Waals surface area contributed by atoms with Gasteiger partial charge in [0.05, 0.1) is 5.60 Å². The molecule has 0 heterocycles. The van der Waals surface area contributed by atoms with Crippen LogP contribution in [0.25, 0.3) is 0 Å². The summed E-state index contributed by atoms with van der Waals surface area (Å²) in [6.45, 7) is 6.12. The minimum atomic E-state index is -0.462. The quantitative estimate of drug-likeness (QED) is 0.277. The molecule has 0 spiro atoms. The van der Waals surface area contributed by atoms with Crippen molar-refractivity contribution in [3.05, 3.63) is 0 Å². The molecule has 0 aliphatic carbocycles. The van der Waals surface area contributed by atoms with E-state index in [0.717, 1.165) is 6.42 Å². The van der Waals surface area contributed by atoms with E-state index in [-0.39, 0.29) is 0 Å². The minimum absolute atomic E-state index is 0.462. The van der Waals surface area contributed by atoms with Gasteiger partial charge < -0.3 is 5.11 Å². The summed E-state index contributed by atoms with van der Waals surface area (Å²) in [5.74, 6) is 0. The molecule has 0 fully saturated rings. The minimum Gasteiger partial charge on any atom is -0.390 e. The Hall–Kier alpha value is -0.0400. The maximum atomic E-state index is 9.63. The van der Waals surface area contributed by atoms with E-state index in [4.69, 9.17) is 0 Å². The first-order valence-corrected chi connectivity index (χ1v) is 10.3. The Labute approximate surface area is 141 Å². The predicted octanol–water partition coefficient (Wildman–Crippen LogP) is 7.41. The van der Waals surface area contributed by atoms with Gasteiger partial charge in [-0.1, -0.05) is 110 Å². The van der Waals surface area contributed by atoms with E-state index in [9.17, 15) is 5.11 Å². The Bertz CT molecular complexity index is 204. The molecule has 134 valence electrons. The Kier molecular flexibility index (Phi) is 15.8. The first-order chi connectivity index (χ1) is 10.6. The van der Waals surface area contributed by atoms with Gasteiger partial charge in [0.15, 0.2) is 0 Å². The van der Waals surface area contributed by atoms with Crippen molar-refractivity contribution < 1.29 is 5.11 Å². The summed E-state index contributed by atoms with van der Waals surface area (Å²) >= 11 is 0. The van der Waals surface area contributed by atoms with E-state index in [2.05, 4.69) is 6.92 Å². The lowest BCUT2D eigenvalue weighted by atomic mass is 9.99. The van der Waals surface area contributed by atoms with Gasteiger partial charge in [-0.15, -0.1) is 0 Å². The number of rotatable bonds is 17. The summed E-state index contributed by atoms with van der Waals surface area (Å²) in [5, 5.41) is 9.63. The van der Waals surface area contributed by atoms with Crippen LogP contribution in [0.3, 0.4) is 0 Å². The first-order valence-electron chi connectivity index (χ1n) is 10.3. The second kappa shape index (κ2) is 15.8. The highest BCUT2D eigenvalue weighted by molar-refractivity contribution is 4.64. The third-order valence-corrected chi connectivity index (χ3v) is 4.64. The molecule has 0 radical (unpaired) electrons. The van der Waals surface area contributed by atoms with Crippen LogP contribution in [0.5, 0.6) is 0 Å². The molecule has 22 heavy (non-hydrogen) atoms. The van der Waals surface area contributed by atoms with Crippen LogP contribution < -0.4 is 0 Å². The summed E-state index contributed by atoms with van der Waals surface area (Å²) in [6.07, 6.45) is 23.5. The molecule has 0 aromatic heterocycles. The summed E-state index contributed by atoms with van der Waals surface area (Å²) in [6, 6.07) is 0. The zero-order valence-electron chi connectivity index (χ0n) is 16.0. The number of aliphatic hydroxyl groups is 1. The lowest BCUT2D eigenvalue weighted by molar-refractivity contribution is 0.0680. The lowest BCUT2D eigenvalue weighted by Crippen LogP contribution is -2.17. The smallest absolute Gasteiger partial charge is 0.0591 e. The third-order valence-electron chi connectivity index (χ3n) is 4.64. The molecule has 0 saturated carbocycles. The molecule has 0 saturated heterocycles. The second-order valence-electron chi connectivity index (χ2n) is 7.87. The van der Waals surface area contributed by atoms with Crippen LogP contribution in [0.15, 0.2) is 0 Å². The van der Waals surface area contributed by atoms with Gasteiger partial charge in [-0.25, -0.2) is 0 Å². The van der Waals surface area contributed by atoms with Gasteiger partial charge in [-0.3, -0.25) is 0 Å². The van der Waals surface area contributed by atoms with E-state index in [1.807, 2.05) is 13.8 Å². The fraction of sp³-hybridized carbons (Fsp3) is 1.00. The standard InChI is InChI=1S/C21H44O/c1-4-5-6-7-8-9-10-11-12-13-14-15-16-17-18-19-20-21(2,3)22/h22H,4-20H2,1-3H3. The van der Waals surface area contributed by atoms with Gasteiger partial charge >= 0.3 is 0 Å². The topological polar surface area (TPSA) is 20.2 Å². The molecule has 0 bridgehead atoms. The average molecular weight is 313 g/mol. The van der Waals surface area contributed by atoms with Crippen LogP contribution >= 0.6 is 0 Å². The highest BCUT2D eigenvalue weighted by Crippen LogP contribution is 2.16. The second-order valence-corrected chi connectivity index (χ2v) is 7.87. The summed E-state index contributed by atoms with van der Waals surface area (Å²) < 4.78 is 0. The van der Waals surface area contributed by atoms with Crippen LogP contribution in [0, 0.1) is 0 Å². The van der Waals surface area contributed by atoms with Gasteiger partial charge in [0.2, 0.25) is 0 Å². The van der Waals surface area contributed by atoms with E-state index < -0.39 is 5.60 Å². The monoisotopic (exact) mass is 312 g/mol. The third kappa shape index (κ3) is 20.0. The molecule has 0 amide bonds. The van der Waals surface area contributed by atoms with E-state index in [1.54, 1.807) is 0 Å². The van der Waals surface area contributed by atoms with Crippen LogP contribution in [-0.2, 0) is 0 Å². The van der Waals surface area contributed by atoms with Gasteiger partial charge in [0.25, 0.3) is 0 Å². The normalized spacial score (nSPS) is 12.0. The molecule has 0 aliphatic heterocycles. The number of unbranched alkanes of at least 4 members (excludes halogenated alkanes) is 15. The number of hydrogen-bond acceptors (Lipinski definition) is 1. The predicted molar refractivity (Wildman–Crippen MR) is 100 cm³/mol. The van der Waals surface area contributed by atoms with Crippen molar-refractivity contribution in [2.75, 3.05) is 0 Å². The van der Waals surface area contributed by atoms with Crippen LogP contribution in [-0.4, -0.2) is 10.7 Å². The van der Waals surface area contributed by atoms with Crippen molar-refractivity contribution in [3.63, 3.8) is 0 Å². The zero-order valence-corrected chi connectivity index (χ0v) is 16.0. The van der Waals surface area contributed by atoms with E-state index >= 15 is 0 Å². The number of hydrogen-bond donors (Lipinski definition) is 1. The molecule has 0 atom stereocenters. The van der Waals surface area contributed by atoms with Crippen LogP contribution in [0.2, 0.25) is 0 Å². The zero-order chi connectivity index (χ0) is 16.5. The largest absolute Gasteiger partial charge is 0.390 e. The molecule has 0 aliphatic rings. The van der Waals surface area contributed by atoms with Crippen molar-refractivity contribution in [2.45, 2.75) is 136 Å². The van der Waals surface area contributed by atoms with Crippen molar-refractivity contribution in [3.8, 4) is 0 Å². The summed E-state index contributed by atoms with van der Waals surface area (Å²) in [4.78, 5) is 0.